The Labute approximate surface area is 124 Å². The molecule has 0 atom stereocenters. The lowest BCUT2D eigenvalue weighted by molar-refractivity contribution is -0.131. The van der Waals surface area contributed by atoms with Crippen molar-refractivity contribution in [1.82, 2.24) is 5.32 Å². The zero-order valence-corrected chi connectivity index (χ0v) is 12.2. The summed E-state index contributed by atoms with van der Waals surface area (Å²) < 4.78 is 4.96. The summed E-state index contributed by atoms with van der Waals surface area (Å²) in [5.41, 5.74) is 1.21. The molecule has 0 radical (unpaired) electrons. The number of rotatable bonds is 9. The van der Waals surface area contributed by atoms with Gasteiger partial charge in [0.25, 0.3) is 5.91 Å². The van der Waals surface area contributed by atoms with Gasteiger partial charge in [0.2, 0.25) is 0 Å². The molecule has 0 spiro atoms. The maximum atomic E-state index is 11.9. The Morgan fingerprint density at radius 2 is 2.10 bits per heavy atom. The van der Waals surface area contributed by atoms with Crippen molar-refractivity contribution in [1.29, 1.82) is 0 Å². The first kappa shape index (κ1) is 16.9. The van der Waals surface area contributed by atoms with E-state index in [1.807, 2.05) is 0 Å². The van der Waals surface area contributed by atoms with Crippen molar-refractivity contribution >= 4 is 18.0 Å². The van der Waals surface area contributed by atoms with E-state index in [-0.39, 0.29) is 5.91 Å². The van der Waals surface area contributed by atoms with E-state index < -0.39 is 5.97 Å². The van der Waals surface area contributed by atoms with E-state index in [2.05, 4.69) is 5.32 Å². The number of ether oxygens (including phenoxy) is 1. The van der Waals surface area contributed by atoms with Crippen LogP contribution in [0.2, 0.25) is 0 Å². The Morgan fingerprint density at radius 3 is 2.81 bits per heavy atom. The van der Waals surface area contributed by atoms with Gasteiger partial charge in [-0.15, -0.1) is 0 Å². The molecule has 2 N–H and O–H groups in total. The molecule has 0 saturated carbocycles. The fraction of sp³-hybridized carbons (Fsp3) is 0.375. The first-order valence-corrected chi connectivity index (χ1v) is 6.91. The molecular weight excluding hydrogens is 270 g/mol. The molecular formula is C16H21NO4. The number of carbonyl (C=O) groups is 2. The van der Waals surface area contributed by atoms with Crippen molar-refractivity contribution in [2.24, 2.45) is 0 Å². The molecule has 21 heavy (non-hydrogen) atoms. The van der Waals surface area contributed by atoms with Crippen LogP contribution in [-0.4, -0.2) is 37.2 Å². The van der Waals surface area contributed by atoms with Gasteiger partial charge in [0.1, 0.15) is 0 Å². The predicted molar refractivity (Wildman–Crippen MR) is 81.2 cm³/mol. The number of carboxylic acids is 1. The molecule has 0 bridgehead atoms. The highest BCUT2D eigenvalue weighted by atomic mass is 16.5. The summed E-state index contributed by atoms with van der Waals surface area (Å²) in [5, 5.41) is 11.4. The van der Waals surface area contributed by atoms with Gasteiger partial charge in [-0.3, -0.25) is 4.79 Å². The quantitative estimate of drug-likeness (QED) is 0.541. The van der Waals surface area contributed by atoms with Gasteiger partial charge >= 0.3 is 5.97 Å². The van der Waals surface area contributed by atoms with Crippen molar-refractivity contribution in [3.05, 3.63) is 41.5 Å². The zero-order valence-electron chi connectivity index (χ0n) is 12.2. The van der Waals surface area contributed by atoms with Crippen molar-refractivity contribution in [2.45, 2.75) is 19.3 Å². The summed E-state index contributed by atoms with van der Waals surface area (Å²) in [6.45, 7) is 1.36. The minimum absolute atomic E-state index is 0.146. The second kappa shape index (κ2) is 9.72. The number of amides is 1. The number of carbonyl (C=O) groups excluding carboxylic acids is 1. The van der Waals surface area contributed by atoms with Gasteiger partial charge in [-0.2, -0.15) is 0 Å². The normalized spacial score (nSPS) is 10.7. The SMILES string of the molecule is COCCCCCNC(=O)c1cccc(/C=C/C(=O)O)c1. The van der Waals surface area contributed by atoms with Crippen molar-refractivity contribution in [2.75, 3.05) is 20.3 Å². The number of hydrogen-bond acceptors (Lipinski definition) is 3. The Hall–Kier alpha value is -2.14. The van der Waals surface area contributed by atoms with Gasteiger partial charge < -0.3 is 15.2 Å². The largest absolute Gasteiger partial charge is 0.478 e. The third-order valence-corrected chi connectivity index (χ3v) is 2.88. The maximum Gasteiger partial charge on any atom is 0.328 e. The third-order valence-electron chi connectivity index (χ3n) is 2.88. The molecule has 0 aromatic heterocycles. The van der Waals surface area contributed by atoms with Gasteiger partial charge in [-0.05, 0) is 43.0 Å². The minimum atomic E-state index is -1.01. The van der Waals surface area contributed by atoms with Crippen LogP contribution < -0.4 is 5.32 Å². The average molecular weight is 291 g/mol. The monoisotopic (exact) mass is 291 g/mol. The Balaban J connectivity index is 2.43. The van der Waals surface area contributed by atoms with E-state index in [0.717, 1.165) is 31.9 Å². The summed E-state index contributed by atoms with van der Waals surface area (Å²) in [5.74, 6) is -1.16. The molecule has 0 aliphatic heterocycles. The standard InChI is InChI=1S/C16H21NO4/c1-21-11-4-2-3-10-17-16(20)14-7-5-6-13(12-14)8-9-15(18)19/h5-9,12H,2-4,10-11H2,1H3,(H,17,20)(H,18,19)/b9-8+. The topological polar surface area (TPSA) is 75.6 Å². The number of benzene rings is 1. The van der Waals surface area contributed by atoms with Crippen molar-refractivity contribution in [3.63, 3.8) is 0 Å². The highest BCUT2D eigenvalue weighted by molar-refractivity contribution is 5.95. The summed E-state index contributed by atoms with van der Waals surface area (Å²) in [7, 11) is 1.67. The van der Waals surface area contributed by atoms with Crippen LogP contribution in [0.25, 0.3) is 6.08 Å². The van der Waals surface area contributed by atoms with Crippen LogP contribution in [0.3, 0.4) is 0 Å². The number of unbranched alkanes of at least 4 members (excludes halogenated alkanes) is 2. The van der Waals surface area contributed by atoms with Crippen LogP contribution in [0.1, 0.15) is 35.2 Å². The highest BCUT2D eigenvalue weighted by Crippen LogP contribution is 2.07. The smallest absolute Gasteiger partial charge is 0.328 e. The van der Waals surface area contributed by atoms with Crippen LogP contribution in [0.5, 0.6) is 0 Å². The van der Waals surface area contributed by atoms with E-state index in [0.29, 0.717) is 17.7 Å². The number of nitrogens with one attached hydrogen (secondary N) is 1. The molecule has 114 valence electrons. The molecule has 5 heteroatoms. The molecule has 1 aromatic rings. The second-order valence-corrected chi connectivity index (χ2v) is 4.61. The molecule has 0 aliphatic rings. The van der Waals surface area contributed by atoms with Gasteiger partial charge in [0.05, 0.1) is 0 Å². The number of carboxylic acid groups (broad SMARTS) is 1. The molecule has 5 nitrogen and oxygen atoms in total. The number of methoxy groups -OCH3 is 1. The fourth-order valence-corrected chi connectivity index (χ4v) is 1.80. The Bertz CT molecular complexity index is 497. The summed E-state index contributed by atoms with van der Waals surface area (Å²) >= 11 is 0. The fourth-order valence-electron chi connectivity index (χ4n) is 1.80. The lowest BCUT2D eigenvalue weighted by Gasteiger charge is -2.06. The number of hydrogen-bond donors (Lipinski definition) is 2. The molecule has 1 rings (SSSR count). The van der Waals surface area contributed by atoms with Crippen LogP contribution in [0, 0.1) is 0 Å². The first-order valence-electron chi connectivity index (χ1n) is 6.91. The van der Waals surface area contributed by atoms with Crippen molar-refractivity contribution in [3.8, 4) is 0 Å². The molecule has 0 unspecified atom stereocenters. The second-order valence-electron chi connectivity index (χ2n) is 4.61. The first-order chi connectivity index (χ1) is 10.1. The lowest BCUT2D eigenvalue weighted by Crippen LogP contribution is -2.24. The van der Waals surface area contributed by atoms with Crippen molar-refractivity contribution < 1.29 is 19.4 Å². The van der Waals surface area contributed by atoms with Gasteiger partial charge in [-0.25, -0.2) is 4.79 Å². The van der Waals surface area contributed by atoms with Gasteiger partial charge in [0, 0.05) is 31.9 Å². The van der Waals surface area contributed by atoms with Gasteiger partial charge in [0.15, 0.2) is 0 Å². The molecule has 0 aliphatic carbocycles. The molecule has 0 heterocycles. The van der Waals surface area contributed by atoms with E-state index in [1.54, 1.807) is 31.4 Å². The van der Waals surface area contributed by atoms with Crippen LogP contribution in [-0.2, 0) is 9.53 Å². The predicted octanol–water partition coefficient (Wildman–Crippen LogP) is 2.33. The van der Waals surface area contributed by atoms with Gasteiger partial charge in [-0.1, -0.05) is 12.1 Å². The Morgan fingerprint density at radius 1 is 1.29 bits per heavy atom. The number of aliphatic carboxylic acids is 1. The summed E-state index contributed by atoms with van der Waals surface area (Å²) in [6, 6.07) is 6.86. The van der Waals surface area contributed by atoms with E-state index >= 15 is 0 Å². The summed E-state index contributed by atoms with van der Waals surface area (Å²) in [6.07, 6.45) is 5.42. The van der Waals surface area contributed by atoms with Crippen LogP contribution >= 0.6 is 0 Å². The maximum absolute atomic E-state index is 11.9. The highest BCUT2D eigenvalue weighted by Gasteiger charge is 2.04. The van der Waals surface area contributed by atoms with E-state index in [4.69, 9.17) is 9.84 Å². The molecule has 1 amide bonds. The summed E-state index contributed by atoms with van der Waals surface area (Å²) in [4.78, 5) is 22.4. The minimum Gasteiger partial charge on any atom is -0.478 e. The van der Waals surface area contributed by atoms with E-state index in [1.165, 1.54) is 6.08 Å². The molecule has 0 saturated heterocycles. The Kier molecular flexibility index (Phi) is 7.82. The molecule has 1 aromatic carbocycles. The average Bonchev–Trinajstić information content (AvgIpc) is 2.48. The van der Waals surface area contributed by atoms with E-state index in [9.17, 15) is 9.59 Å². The van der Waals surface area contributed by atoms with Crippen LogP contribution in [0.15, 0.2) is 30.3 Å². The van der Waals surface area contributed by atoms with Crippen LogP contribution in [0.4, 0.5) is 0 Å². The lowest BCUT2D eigenvalue weighted by atomic mass is 10.1. The molecule has 0 fully saturated rings. The third kappa shape index (κ3) is 7.27. The zero-order chi connectivity index (χ0) is 15.5.